The lowest BCUT2D eigenvalue weighted by atomic mass is 10.2. The van der Waals surface area contributed by atoms with E-state index in [2.05, 4.69) is 26.7 Å². The van der Waals surface area contributed by atoms with E-state index >= 15 is 0 Å². The Morgan fingerprint density at radius 2 is 1.97 bits per heavy atom. The maximum absolute atomic E-state index is 12.7. The Balaban J connectivity index is 1.29. The van der Waals surface area contributed by atoms with Crippen LogP contribution in [0.25, 0.3) is 16.3 Å². The lowest BCUT2D eigenvalue weighted by Crippen LogP contribution is -2.20. The number of aryl methyl sites for hydroxylation is 1. The number of ether oxygens (including phenoxy) is 2. The number of hydrogen-bond acceptors (Lipinski definition) is 8. The van der Waals surface area contributed by atoms with E-state index in [0.717, 1.165) is 15.8 Å². The number of rotatable bonds is 7. The molecule has 0 saturated carbocycles. The number of anilines is 1. The molecule has 0 radical (unpaired) electrons. The highest BCUT2D eigenvalue weighted by atomic mass is 35.5. The Morgan fingerprint density at radius 1 is 1.16 bits per heavy atom. The van der Waals surface area contributed by atoms with E-state index in [4.69, 9.17) is 21.1 Å². The molecule has 0 atom stereocenters. The molecule has 3 aromatic carbocycles. The fourth-order valence-electron chi connectivity index (χ4n) is 3.55. The van der Waals surface area contributed by atoms with Crippen LogP contribution in [0, 0.1) is 6.92 Å². The highest BCUT2D eigenvalue weighted by molar-refractivity contribution is 8.18. The van der Waals surface area contributed by atoms with Gasteiger partial charge in [-0.25, -0.2) is 4.98 Å². The topological polar surface area (TPSA) is 102 Å². The van der Waals surface area contributed by atoms with E-state index in [1.165, 1.54) is 23.1 Å². The molecule has 11 heteroatoms. The summed E-state index contributed by atoms with van der Waals surface area (Å²) in [5, 5.41) is 7.00. The maximum atomic E-state index is 12.7. The average molecular weight is 565 g/mol. The number of fused-ring (bicyclic) bond motifs is 1. The summed E-state index contributed by atoms with van der Waals surface area (Å²) in [7, 11) is 1.57. The van der Waals surface area contributed by atoms with Crippen molar-refractivity contribution in [2.24, 2.45) is 4.99 Å². The van der Waals surface area contributed by atoms with Crippen LogP contribution < -0.4 is 20.1 Å². The fourth-order valence-corrected chi connectivity index (χ4v) is 5.55. The minimum atomic E-state index is -0.336. The second-order valence-electron chi connectivity index (χ2n) is 8.20. The zero-order chi connectivity index (χ0) is 26.6. The first-order valence-corrected chi connectivity index (χ1v) is 13.4. The average Bonchev–Trinajstić information content (AvgIpc) is 3.45. The summed E-state index contributed by atoms with van der Waals surface area (Å²) in [5.74, 6) is 0.466. The van der Waals surface area contributed by atoms with E-state index < -0.39 is 0 Å². The molecule has 5 rings (SSSR count). The number of hydrogen-bond donors (Lipinski definition) is 2. The van der Waals surface area contributed by atoms with Gasteiger partial charge in [-0.2, -0.15) is 4.99 Å². The van der Waals surface area contributed by atoms with Crippen molar-refractivity contribution in [3.05, 3.63) is 81.7 Å². The number of amides is 2. The molecule has 38 heavy (non-hydrogen) atoms. The van der Waals surface area contributed by atoms with Crippen molar-refractivity contribution in [3.8, 4) is 11.5 Å². The SMILES string of the molecule is COc1ccc(NC(=O)COc2ccc(Cl)cc2/C=C2\S/C(=N/c3nc4ccc(C)cc4s3)NC2=O)cc1. The van der Waals surface area contributed by atoms with Crippen molar-refractivity contribution in [1.82, 2.24) is 10.3 Å². The predicted molar refractivity (Wildman–Crippen MR) is 154 cm³/mol. The van der Waals surface area contributed by atoms with Gasteiger partial charge in [0.2, 0.25) is 5.13 Å². The van der Waals surface area contributed by atoms with Crippen molar-refractivity contribution >= 4 is 78.8 Å². The number of methoxy groups -OCH3 is 1. The highest BCUT2D eigenvalue weighted by Crippen LogP contribution is 2.34. The molecule has 0 unspecified atom stereocenters. The Labute approximate surface area is 231 Å². The van der Waals surface area contributed by atoms with E-state index in [-0.39, 0.29) is 18.4 Å². The number of carbonyl (C=O) groups excluding carboxylic acids is 2. The zero-order valence-corrected chi connectivity index (χ0v) is 22.7. The molecule has 1 aromatic heterocycles. The van der Waals surface area contributed by atoms with Crippen LogP contribution in [-0.2, 0) is 9.59 Å². The van der Waals surface area contributed by atoms with Crippen LogP contribution in [0.4, 0.5) is 10.8 Å². The van der Waals surface area contributed by atoms with Gasteiger partial charge in [-0.1, -0.05) is 29.0 Å². The van der Waals surface area contributed by atoms with Gasteiger partial charge in [0.15, 0.2) is 11.8 Å². The molecule has 1 aliphatic heterocycles. The first kappa shape index (κ1) is 25.8. The van der Waals surface area contributed by atoms with Crippen LogP contribution in [0.2, 0.25) is 5.02 Å². The number of aliphatic imine (C=N–C) groups is 1. The number of aromatic nitrogens is 1. The number of thioether (sulfide) groups is 1. The number of amidine groups is 1. The third-order valence-electron chi connectivity index (χ3n) is 5.37. The molecule has 4 aromatic rings. The van der Waals surface area contributed by atoms with Gasteiger partial charge in [0, 0.05) is 16.3 Å². The molecular weight excluding hydrogens is 544 g/mol. The number of benzene rings is 3. The van der Waals surface area contributed by atoms with E-state index in [9.17, 15) is 9.59 Å². The van der Waals surface area contributed by atoms with Gasteiger partial charge in [-0.05, 0) is 84.9 Å². The Kier molecular flexibility index (Phi) is 7.64. The van der Waals surface area contributed by atoms with Crippen molar-refractivity contribution in [2.45, 2.75) is 6.92 Å². The summed E-state index contributed by atoms with van der Waals surface area (Å²) in [6, 6.07) is 18.0. The van der Waals surface area contributed by atoms with E-state index in [1.807, 2.05) is 19.1 Å². The minimum Gasteiger partial charge on any atom is -0.497 e. The number of halogens is 1. The fraction of sp³-hybridized carbons (Fsp3) is 0.111. The molecule has 1 saturated heterocycles. The van der Waals surface area contributed by atoms with Crippen LogP contribution in [0.1, 0.15) is 11.1 Å². The van der Waals surface area contributed by atoms with Crippen molar-refractivity contribution in [3.63, 3.8) is 0 Å². The first-order valence-electron chi connectivity index (χ1n) is 11.4. The third-order valence-corrected chi connectivity index (χ3v) is 7.43. The predicted octanol–water partition coefficient (Wildman–Crippen LogP) is 6.18. The molecule has 0 spiro atoms. The molecule has 8 nitrogen and oxygen atoms in total. The lowest BCUT2D eigenvalue weighted by Gasteiger charge is -2.11. The quantitative estimate of drug-likeness (QED) is 0.260. The van der Waals surface area contributed by atoms with Gasteiger partial charge >= 0.3 is 0 Å². The van der Waals surface area contributed by atoms with E-state index in [0.29, 0.717) is 43.0 Å². The summed E-state index contributed by atoms with van der Waals surface area (Å²) in [6.45, 7) is 1.79. The Bertz CT molecular complexity index is 1600. The molecule has 192 valence electrons. The number of carbonyl (C=O) groups is 2. The standard InChI is InChI=1S/C27H21ClN4O4S2/c1-15-3-9-20-22(11-15)37-26(30-20)32-27-31-25(34)23(38-27)13-16-12-17(28)4-10-21(16)36-14-24(33)29-18-5-7-19(35-2)8-6-18/h3-13H,14H2,1-2H3,(H,29,33)(H,30,31,32,34)/b23-13-. The number of nitrogens with zero attached hydrogens (tertiary/aromatic N) is 2. The van der Waals surface area contributed by atoms with Crippen LogP contribution in [0.15, 0.2) is 70.6 Å². The van der Waals surface area contributed by atoms with Crippen molar-refractivity contribution in [2.75, 3.05) is 19.0 Å². The van der Waals surface area contributed by atoms with Gasteiger partial charge in [0.05, 0.1) is 22.2 Å². The Morgan fingerprint density at radius 3 is 2.76 bits per heavy atom. The second-order valence-corrected chi connectivity index (χ2v) is 10.7. The third kappa shape index (κ3) is 6.16. The van der Waals surface area contributed by atoms with Gasteiger partial charge in [0.25, 0.3) is 11.8 Å². The van der Waals surface area contributed by atoms with Crippen LogP contribution >= 0.6 is 34.7 Å². The molecule has 1 aliphatic rings. The van der Waals surface area contributed by atoms with Crippen LogP contribution in [0.5, 0.6) is 11.5 Å². The number of thiazole rings is 1. The van der Waals surface area contributed by atoms with Crippen molar-refractivity contribution < 1.29 is 19.1 Å². The van der Waals surface area contributed by atoms with Crippen LogP contribution in [-0.4, -0.2) is 35.7 Å². The molecule has 0 aliphatic carbocycles. The van der Waals surface area contributed by atoms with Crippen molar-refractivity contribution in [1.29, 1.82) is 0 Å². The molecule has 2 heterocycles. The first-order chi connectivity index (χ1) is 18.4. The lowest BCUT2D eigenvalue weighted by molar-refractivity contribution is -0.118. The maximum Gasteiger partial charge on any atom is 0.264 e. The highest BCUT2D eigenvalue weighted by Gasteiger charge is 2.25. The van der Waals surface area contributed by atoms with Gasteiger partial charge in [0.1, 0.15) is 11.5 Å². The number of nitrogens with one attached hydrogen (secondary N) is 2. The molecule has 2 amide bonds. The molecule has 1 fully saturated rings. The zero-order valence-electron chi connectivity index (χ0n) is 20.3. The van der Waals surface area contributed by atoms with Gasteiger partial charge < -0.3 is 20.1 Å². The monoisotopic (exact) mass is 564 g/mol. The van der Waals surface area contributed by atoms with Gasteiger partial charge in [-0.3, -0.25) is 9.59 Å². The summed E-state index contributed by atoms with van der Waals surface area (Å²) in [4.78, 5) is 34.5. The molecular formula is C27H21ClN4O4S2. The normalized spacial score (nSPS) is 15.2. The van der Waals surface area contributed by atoms with Crippen LogP contribution in [0.3, 0.4) is 0 Å². The summed E-state index contributed by atoms with van der Waals surface area (Å²) < 4.78 is 11.9. The largest absolute Gasteiger partial charge is 0.497 e. The van der Waals surface area contributed by atoms with Gasteiger partial charge in [-0.15, -0.1) is 0 Å². The summed E-state index contributed by atoms with van der Waals surface area (Å²) in [6.07, 6.45) is 1.66. The van der Waals surface area contributed by atoms with E-state index in [1.54, 1.807) is 55.7 Å². The minimum absolute atomic E-state index is 0.229. The second kappa shape index (κ2) is 11.3. The molecule has 0 bridgehead atoms. The summed E-state index contributed by atoms with van der Waals surface area (Å²) in [5.41, 5.74) is 3.18. The smallest absolute Gasteiger partial charge is 0.264 e. The molecule has 2 N–H and O–H groups in total. The Hall–Kier alpha value is -3.86. The summed E-state index contributed by atoms with van der Waals surface area (Å²) >= 11 is 8.86.